The fourth-order valence-electron chi connectivity index (χ4n) is 3.65. The van der Waals surface area contributed by atoms with Crippen LogP contribution in [0, 0.1) is 17.1 Å². The lowest BCUT2D eigenvalue weighted by atomic mass is 9.81. The number of halogens is 4. The van der Waals surface area contributed by atoms with Crippen LogP contribution < -0.4 is 0 Å². The standard InChI is InChI=1S/C21H18F4N2O2/c1-27(19(28)21(23,24)25)10-2-9-20(16-4-6-17(22)7-5-16)18-8-3-14(12-26)11-15(18)13-29-20/h3-8,11H,2,9-10,13H2,1H3. The molecular formula is C21H18F4N2O2. The highest BCUT2D eigenvalue weighted by Gasteiger charge is 2.43. The number of amides is 1. The number of alkyl halides is 3. The van der Waals surface area contributed by atoms with Crippen molar-refractivity contribution in [3.63, 3.8) is 0 Å². The number of fused-ring (bicyclic) bond motifs is 1. The summed E-state index contributed by atoms with van der Waals surface area (Å²) < 4.78 is 57.3. The average Bonchev–Trinajstić information content (AvgIpc) is 3.06. The van der Waals surface area contributed by atoms with Crippen molar-refractivity contribution in [1.29, 1.82) is 5.26 Å². The normalized spacial score (nSPS) is 18.2. The SMILES string of the molecule is CN(CCCC1(c2ccc(F)cc2)OCc2cc(C#N)ccc21)C(=O)C(F)(F)F. The van der Waals surface area contributed by atoms with E-state index in [9.17, 15) is 22.4 Å². The maximum absolute atomic E-state index is 13.4. The van der Waals surface area contributed by atoms with E-state index in [0.717, 1.165) is 18.2 Å². The number of benzene rings is 2. The first-order valence-electron chi connectivity index (χ1n) is 8.93. The van der Waals surface area contributed by atoms with E-state index < -0.39 is 23.5 Å². The zero-order chi connectivity index (χ0) is 21.2. The molecule has 1 unspecified atom stereocenters. The predicted octanol–water partition coefficient (Wildman–Crippen LogP) is 4.27. The predicted molar refractivity (Wildman–Crippen MR) is 96.1 cm³/mol. The van der Waals surface area contributed by atoms with E-state index in [-0.39, 0.29) is 26.0 Å². The Balaban J connectivity index is 1.88. The molecular weight excluding hydrogens is 388 g/mol. The Hall–Kier alpha value is -2.92. The van der Waals surface area contributed by atoms with Crippen LogP contribution in [0.1, 0.15) is 35.1 Å². The number of ether oxygens (including phenoxy) is 1. The largest absolute Gasteiger partial charge is 0.471 e. The lowest BCUT2D eigenvalue weighted by molar-refractivity contribution is -0.184. The molecule has 1 aliphatic rings. The van der Waals surface area contributed by atoms with Gasteiger partial charge in [0.25, 0.3) is 0 Å². The van der Waals surface area contributed by atoms with Crippen molar-refractivity contribution < 1.29 is 27.1 Å². The molecule has 0 aliphatic carbocycles. The molecule has 1 aliphatic heterocycles. The van der Waals surface area contributed by atoms with Crippen LogP contribution in [0.4, 0.5) is 17.6 Å². The van der Waals surface area contributed by atoms with Crippen molar-refractivity contribution in [2.75, 3.05) is 13.6 Å². The van der Waals surface area contributed by atoms with Gasteiger partial charge in [0.15, 0.2) is 0 Å². The minimum absolute atomic E-state index is 0.115. The van der Waals surface area contributed by atoms with E-state index in [0.29, 0.717) is 16.0 Å². The van der Waals surface area contributed by atoms with Gasteiger partial charge in [0.1, 0.15) is 11.4 Å². The van der Waals surface area contributed by atoms with Gasteiger partial charge in [0.05, 0.1) is 18.2 Å². The fourth-order valence-corrected chi connectivity index (χ4v) is 3.65. The molecule has 152 valence electrons. The highest BCUT2D eigenvalue weighted by molar-refractivity contribution is 5.81. The number of rotatable bonds is 5. The first-order valence-corrected chi connectivity index (χ1v) is 8.93. The number of nitriles is 1. The fraction of sp³-hybridized carbons (Fsp3) is 0.333. The number of hydrogen-bond donors (Lipinski definition) is 0. The molecule has 0 saturated carbocycles. The third kappa shape index (κ3) is 4.10. The molecule has 0 spiro atoms. The molecule has 2 aromatic carbocycles. The Bertz CT molecular complexity index is 951. The molecule has 2 aromatic rings. The molecule has 0 bridgehead atoms. The highest BCUT2D eigenvalue weighted by Crippen LogP contribution is 2.45. The molecule has 4 nitrogen and oxygen atoms in total. The Morgan fingerprint density at radius 1 is 1.24 bits per heavy atom. The quantitative estimate of drug-likeness (QED) is 0.697. The first kappa shape index (κ1) is 20.8. The maximum atomic E-state index is 13.4. The maximum Gasteiger partial charge on any atom is 0.471 e. The first-order chi connectivity index (χ1) is 13.7. The summed E-state index contributed by atoms with van der Waals surface area (Å²) in [5.41, 5.74) is 1.73. The minimum Gasteiger partial charge on any atom is -0.361 e. The topological polar surface area (TPSA) is 53.3 Å². The summed E-state index contributed by atoms with van der Waals surface area (Å²) in [7, 11) is 1.10. The molecule has 1 amide bonds. The third-order valence-corrected chi connectivity index (χ3v) is 5.07. The van der Waals surface area contributed by atoms with Crippen LogP contribution in [0.5, 0.6) is 0 Å². The Morgan fingerprint density at radius 2 is 1.93 bits per heavy atom. The molecule has 0 N–H and O–H groups in total. The summed E-state index contributed by atoms with van der Waals surface area (Å²) in [5.74, 6) is -2.32. The summed E-state index contributed by atoms with van der Waals surface area (Å²) in [4.78, 5) is 12.0. The van der Waals surface area contributed by atoms with Crippen LogP contribution in [-0.2, 0) is 21.7 Å². The third-order valence-electron chi connectivity index (χ3n) is 5.07. The van der Waals surface area contributed by atoms with Crippen molar-refractivity contribution in [3.05, 3.63) is 70.5 Å². The molecule has 1 atom stereocenters. The number of carbonyl (C=O) groups is 1. The van der Waals surface area contributed by atoms with Gasteiger partial charge in [-0.3, -0.25) is 4.79 Å². The molecule has 0 radical (unpaired) electrons. The average molecular weight is 406 g/mol. The van der Waals surface area contributed by atoms with Crippen LogP contribution in [0.25, 0.3) is 0 Å². The number of nitrogens with zero attached hydrogens (tertiary/aromatic N) is 2. The van der Waals surface area contributed by atoms with E-state index in [1.165, 1.54) is 12.1 Å². The lowest BCUT2D eigenvalue weighted by Gasteiger charge is -2.31. The Labute approximate surface area is 165 Å². The molecule has 0 aromatic heterocycles. The molecule has 8 heteroatoms. The monoisotopic (exact) mass is 406 g/mol. The van der Waals surface area contributed by atoms with Crippen molar-refractivity contribution in [1.82, 2.24) is 4.90 Å². The van der Waals surface area contributed by atoms with Gasteiger partial charge in [-0.25, -0.2) is 4.39 Å². The number of hydrogen-bond acceptors (Lipinski definition) is 3. The van der Waals surface area contributed by atoms with E-state index in [4.69, 9.17) is 10.00 Å². The zero-order valence-electron chi connectivity index (χ0n) is 15.6. The Morgan fingerprint density at radius 3 is 2.55 bits per heavy atom. The second kappa shape index (κ2) is 7.84. The van der Waals surface area contributed by atoms with Crippen molar-refractivity contribution >= 4 is 5.91 Å². The zero-order valence-corrected chi connectivity index (χ0v) is 15.6. The van der Waals surface area contributed by atoms with E-state index in [2.05, 4.69) is 6.07 Å². The second-order valence-electron chi connectivity index (χ2n) is 6.93. The van der Waals surface area contributed by atoms with Gasteiger partial charge in [-0.1, -0.05) is 18.2 Å². The van der Waals surface area contributed by atoms with Gasteiger partial charge < -0.3 is 9.64 Å². The Kier molecular flexibility index (Phi) is 5.62. The summed E-state index contributed by atoms with van der Waals surface area (Å²) in [5, 5.41) is 9.10. The van der Waals surface area contributed by atoms with Gasteiger partial charge in [-0.05, 0) is 53.8 Å². The molecule has 0 saturated heterocycles. The summed E-state index contributed by atoms with van der Waals surface area (Å²) in [6, 6.07) is 12.9. The van der Waals surface area contributed by atoms with E-state index >= 15 is 0 Å². The lowest BCUT2D eigenvalue weighted by Crippen LogP contribution is -2.39. The number of carbonyl (C=O) groups excluding carboxylic acids is 1. The van der Waals surface area contributed by atoms with Gasteiger partial charge in [0, 0.05) is 13.6 Å². The van der Waals surface area contributed by atoms with Crippen molar-refractivity contribution in [2.24, 2.45) is 0 Å². The summed E-state index contributed by atoms with van der Waals surface area (Å²) >= 11 is 0. The highest BCUT2D eigenvalue weighted by atomic mass is 19.4. The molecule has 3 rings (SSSR count). The minimum atomic E-state index is -4.92. The van der Waals surface area contributed by atoms with Gasteiger partial charge in [0.2, 0.25) is 0 Å². The van der Waals surface area contributed by atoms with Crippen LogP contribution in [0.15, 0.2) is 42.5 Å². The summed E-state index contributed by atoms with van der Waals surface area (Å²) in [6.45, 7) is 0.107. The van der Waals surface area contributed by atoms with Crippen LogP contribution in [-0.4, -0.2) is 30.6 Å². The molecule has 1 heterocycles. The van der Waals surface area contributed by atoms with Crippen LogP contribution in [0.3, 0.4) is 0 Å². The summed E-state index contributed by atoms with van der Waals surface area (Å²) in [6.07, 6.45) is -4.41. The van der Waals surface area contributed by atoms with Gasteiger partial charge in [-0.15, -0.1) is 0 Å². The van der Waals surface area contributed by atoms with E-state index in [1.54, 1.807) is 30.3 Å². The van der Waals surface area contributed by atoms with Gasteiger partial charge in [-0.2, -0.15) is 18.4 Å². The molecule has 0 fully saturated rings. The smallest absolute Gasteiger partial charge is 0.361 e. The second-order valence-corrected chi connectivity index (χ2v) is 6.93. The molecule has 29 heavy (non-hydrogen) atoms. The van der Waals surface area contributed by atoms with E-state index in [1.807, 2.05) is 0 Å². The van der Waals surface area contributed by atoms with Crippen LogP contribution in [0.2, 0.25) is 0 Å². The van der Waals surface area contributed by atoms with Crippen LogP contribution >= 0.6 is 0 Å². The van der Waals surface area contributed by atoms with Gasteiger partial charge >= 0.3 is 12.1 Å². The van der Waals surface area contributed by atoms with Crippen molar-refractivity contribution in [3.8, 4) is 6.07 Å². The van der Waals surface area contributed by atoms with Crippen molar-refractivity contribution in [2.45, 2.75) is 31.2 Å².